The summed E-state index contributed by atoms with van der Waals surface area (Å²) in [6, 6.07) is 0. The molecule has 0 aliphatic carbocycles. The van der Waals surface area contributed by atoms with Gasteiger partial charge in [-0.1, -0.05) is 19.3 Å². The van der Waals surface area contributed by atoms with Gasteiger partial charge >= 0.3 is 0 Å². The summed E-state index contributed by atoms with van der Waals surface area (Å²) in [7, 11) is 2.70. The molecule has 0 N–H and O–H groups in total. The van der Waals surface area contributed by atoms with Crippen molar-refractivity contribution >= 4 is 9.24 Å². The highest BCUT2D eigenvalue weighted by atomic mass is 31.0. The van der Waals surface area contributed by atoms with Crippen LogP contribution in [0, 0.1) is 0 Å². The van der Waals surface area contributed by atoms with Gasteiger partial charge in [0.15, 0.2) is 0 Å². The molecule has 0 aromatic carbocycles. The monoisotopic (exact) mass is 150 g/mol. The molecule has 0 radical (unpaired) electrons. The fourth-order valence-electron chi connectivity index (χ4n) is 0.769. The molecule has 0 aromatic rings. The van der Waals surface area contributed by atoms with Crippen molar-refractivity contribution in [3.63, 3.8) is 0 Å². The Morgan fingerprint density at radius 2 is 1.44 bits per heavy atom. The lowest BCUT2D eigenvalue weighted by atomic mass is 10.2. The summed E-state index contributed by atoms with van der Waals surface area (Å²) >= 11 is 0. The molecule has 9 heavy (non-hydrogen) atoms. The number of unbranched alkanes of at least 4 members (excludes halogenated alkanes) is 4. The Kier molecular flexibility index (Phi) is 8.69. The normalized spacial score (nSPS) is 10.0. The van der Waals surface area contributed by atoms with Gasteiger partial charge in [-0.15, -0.1) is 9.24 Å². The van der Waals surface area contributed by atoms with E-state index >= 15 is 0 Å². The SMILES string of the molecule is FCCCCCCCP. The van der Waals surface area contributed by atoms with E-state index < -0.39 is 0 Å². The molecule has 0 aromatic heterocycles. The van der Waals surface area contributed by atoms with E-state index in [0.29, 0.717) is 0 Å². The van der Waals surface area contributed by atoms with Gasteiger partial charge in [0.05, 0.1) is 6.67 Å². The van der Waals surface area contributed by atoms with Crippen LogP contribution in [0.25, 0.3) is 0 Å². The molecule has 0 bridgehead atoms. The van der Waals surface area contributed by atoms with Gasteiger partial charge < -0.3 is 0 Å². The molecule has 0 nitrogen and oxygen atoms in total. The lowest BCUT2D eigenvalue weighted by Gasteiger charge is -1.95. The summed E-state index contributed by atoms with van der Waals surface area (Å²) in [5.74, 6) is 0. The van der Waals surface area contributed by atoms with Crippen LogP contribution >= 0.6 is 9.24 Å². The minimum absolute atomic E-state index is 0.138. The maximum absolute atomic E-state index is 11.5. The Hall–Kier alpha value is 0.360. The first-order valence-corrected chi connectivity index (χ1v) is 4.49. The molecule has 0 spiro atoms. The van der Waals surface area contributed by atoms with Gasteiger partial charge in [0.2, 0.25) is 0 Å². The van der Waals surface area contributed by atoms with Crippen molar-refractivity contribution in [1.29, 1.82) is 0 Å². The third-order valence-electron chi connectivity index (χ3n) is 1.34. The smallest absolute Gasteiger partial charge is 0.0894 e. The Morgan fingerprint density at radius 3 is 2.00 bits per heavy atom. The van der Waals surface area contributed by atoms with Crippen LogP contribution < -0.4 is 0 Å². The highest BCUT2D eigenvalue weighted by molar-refractivity contribution is 7.16. The van der Waals surface area contributed by atoms with Gasteiger partial charge in [0, 0.05) is 0 Å². The lowest BCUT2D eigenvalue weighted by molar-refractivity contribution is 0.452. The maximum atomic E-state index is 11.5. The predicted octanol–water partition coefficient (Wildman–Crippen LogP) is 2.78. The predicted molar refractivity (Wildman–Crippen MR) is 43.6 cm³/mol. The van der Waals surface area contributed by atoms with E-state index in [1.165, 1.54) is 25.4 Å². The van der Waals surface area contributed by atoms with Crippen LogP contribution in [0.1, 0.15) is 32.1 Å². The van der Waals surface area contributed by atoms with Gasteiger partial charge in [0.25, 0.3) is 0 Å². The zero-order valence-corrected chi connectivity index (χ0v) is 7.06. The van der Waals surface area contributed by atoms with E-state index in [0.717, 1.165) is 12.8 Å². The van der Waals surface area contributed by atoms with Crippen molar-refractivity contribution in [2.24, 2.45) is 0 Å². The average molecular weight is 150 g/mol. The van der Waals surface area contributed by atoms with Gasteiger partial charge in [-0.25, -0.2) is 0 Å². The molecule has 0 aliphatic heterocycles. The van der Waals surface area contributed by atoms with E-state index in [2.05, 4.69) is 9.24 Å². The van der Waals surface area contributed by atoms with Crippen LogP contribution in [0.4, 0.5) is 4.39 Å². The highest BCUT2D eigenvalue weighted by Gasteiger charge is 1.87. The third-order valence-corrected chi connectivity index (χ3v) is 1.75. The molecule has 0 fully saturated rings. The van der Waals surface area contributed by atoms with Crippen molar-refractivity contribution in [3.8, 4) is 0 Å². The summed E-state index contributed by atoms with van der Waals surface area (Å²) in [5.41, 5.74) is 0. The molecule has 1 atom stereocenters. The fourth-order valence-corrected chi connectivity index (χ4v) is 1.06. The first-order chi connectivity index (χ1) is 4.41. The summed E-state index contributed by atoms with van der Waals surface area (Å²) in [6.07, 6.45) is 6.77. The number of halogens is 1. The molecule has 0 rings (SSSR count). The van der Waals surface area contributed by atoms with E-state index in [1.807, 2.05) is 0 Å². The average Bonchev–Trinajstić information content (AvgIpc) is 1.89. The van der Waals surface area contributed by atoms with Gasteiger partial charge in [-0.3, -0.25) is 4.39 Å². The minimum Gasteiger partial charge on any atom is -0.251 e. The molecular weight excluding hydrogens is 134 g/mol. The summed E-state index contributed by atoms with van der Waals surface area (Å²) < 4.78 is 11.5. The van der Waals surface area contributed by atoms with Crippen molar-refractivity contribution in [1.82, 2.24) is 0 Å². The van der Waals surface area contributed by atoms with Crippen LogP contribution in [0.3, 0.4) is 0 Å². The first-order valence-electron chi connectivity index (χ1n) is 3.68. The van der Waals surface area contributed by atoms with Crippen molar-refractivity contribution in [3.05, 3.63) is 0 Å². The van der Waals surface area contributed by atoms with Crippen LogP contribution in [0.2, 0.25) is 0 Å². The Morgan fingerprint density at radius 1 is 0.889 bits per heavy atom. The summed E-state index contributed by atoms with van der Waals surface area (Å²) in [4.78, 5) is 0. The standard InChI is InChI=1S/C7H16FP/c8-6-4-2-1-3-5-7-9/h1-7,9H2. The molecule has 56 valence electrons. The maximum Gasteiger partial charge on any atom is 0.0894 e. The quantitative estimate of drug-likeness (QED) is 0.403. The molecular formula is C7H16FP. The molecule has 0 heterocycles. The van der Waals surface area contributed by atoms with Gasteiger partial charge in [-0.05, 0) is 19.0 Å². The molecule has 1 unspecified atom stereocenters. The summed E-state index contributed by atoms with van der Waals surface area (Å²) in [5, 5.41) is 0. The Bertz CT molecular complexity index is 42.2. The topological polar surface area (TPSA) is 0 Å². The molecule has 0 saturated heterocycles. The van der Waals surface area contributed by atoms with Crippen molar-refractivity contribution < 1.29 is 4.39 Å². The van der Waals surface area contributed by atoms with E-state index in [4.69, 9.17) is 0 Å². The lowest BCUT2D eigenvalue weighted by Crippen LogP contribution is -1.80. The molecule has 0 saturated carbocycles. The van der Waals surface area contributed by atoms with Crippen LogP contribution in [0.15, 0.2) is 0 Å². The largest absolute Gasteiger partial charge is 0.251 e. The highest BCUT2D eigenvalue weighted by Crippen LogP contribution is 2.04. The van der Waals surface area contributed by atoms with Crippen LogP contribution in [-0.4, -0.2) is 12.8 Å². The summed E-state index contributed by atoms with van der Waals surface area (Å²) in [6.45, 7) is -0.138. The van der Waals surface area contributed by atoms with Crippen molar-refractivity contribution in [2.75, 3.05) is 12.8 Å². The van der Waals surface area contributed by atoms with E-state index in [1.54, 1.807) is 0 Å². The number of rotatable bonds is 6. The zero-order valence-electron chi connectivity index (χ0n) is 5.91. The second kappa shape index (κ2) is 8.36. The Labute approximate surface area is 59.4 Å². The fraction of sp³-hybridized carbons (Fsp3) is 1.00. The zero-order chi connectivity index (χ0) is 6.95. The second-order valence-corrected chi connectivity index (χ2v) is 2.82. The van der Waals surface area contributed by atoms with Gasteiger partial charge in [-0.2, -0.15) is 0 Å². The first kappa shape index (κ1) is 9.36. The number of hydrogen-bond donors (Lipinski definition) is 0. The Balaban J connectivity index is 2.60. The number of alkyl halides is 1. The van der Waals surface area contributed by atoms with Crippen LogP contribution in [0.5, 0.6) is 0 Å². The molecule has 2 heteroatoms. The third kappa shape index (κ3) is 8.36. The molecule has 0 amide bonds. The van der Waals surface area contributed by atoms with E-state index in [-0.39, 0.29) is 6.67 Å². The van der Waals surface area contributed by atoms with Crippen molar-refractivity contribution in [2.45, 2.75) is 32.1 Å². The van der Waals surface area contributed by atoms with Crippen LogP contribution in [-0.2, 0) is 0 Å². The van der Waals surface area contributed by atoms with E-state index in [9.17, 15) is 4.39 Å². The second-order valence-electron chi connectivity index (χ2n) is 2.25. The minimum atomic E-state index is -0.138. The molecule has 0 aliphatic rings. The number of hydrogen-bond acceptors (Lipinski definition) is 0. The van der Waals surface area contributed by atoms with Gasteiger partial charge in [0.1, 0.15) is 0 Å².